The summed E-state index contributed by atoms with van der Waals surface area (Å²) < 4.78 is 71.1. The molecule has 0 aliphatic carbocycles. The minimum Gasteiger partial charge on any atom is -0.483 e. The zero-order valence-corrected chi connectivity index (χ0v) is 13.7. The SMILES string of the molecule is Cc1ccc(C)c(OCC(=O)N/N=C\c2c(F)c(F)c(F)c(F)c2F)c1. The molecule has 0 unspecified atom stereocenters. The number of nitrogens with one attached hydrogen (secondary N) is 1. The Morgan fingerprint density at radius 3 is 2.23 bits per heavy atom. The number of ether oxygens (including phenoxy) is 1. The Hall–Kier alpha value is -2.97. The lowest BCUT2D eigenvalue weighted by Crippen LogP contribution is -2.25. The molecule has 2 aromatic carbocycles. The van der Waals surface area contributed by atoms with Crippen LogP contribution in [0.1, 0.15) is 16.7 Å². The van der Waals surface area contributed by atoms with Gasteiger partial charge in [-0.15, -0.1) is 0 Å². The average molecular weight is 372 g/mol. The van der Waals surface area contributed by atoms with Crippen LogP contribution in [0.2, 0.25) is 0 Å². The van der Waals surface area contributed by atoms with Crippen LogP contribution in [-0.4, -0.2) is 18.7 Å². The van der Waals surface area contributed by atoms with E-state index in [1.54, 1.807) is 19.1 Å². The fourth-order valence-electron chi connectivity index (χ4n) is 1.94. The highest BCUT2D eigenvalue weighted by molar-refractivity contribution is 5.83. The van der Waals surface area contributed by atoms with E-state index in [0.29, 0.717) is 12.0 Å². The van der Waals surface area contributed by atoms with E-state index in [1.807, 2.05) is 18.4 Å². The van der Waals surface area contributed by atoms with Crippen LogP contribution < -0.4 is 10.2 Å². The number of halogens is 5. The maximum Gasteiger partial charge on any atom is 0.277 e. The van der Waals surface area contributed by atoms with Gasteiger partial charge < -0.3 is 4.74 Å². The second-order valence-corrected chi connectivity index (χ2v) is 5.33. The third kappa shape index (κ3) is 4.16. The van der Waals surface area contributed by atoms with E-state index in [-0.39, 0.29) is 0 Å². The first-order valence-corrected chi connectivity index (χ1v) is 7.25. The van der Waals surface area contributed by atoms with E-state index in [0.717, 1.165) is 11.1 Å². The Morgan fingerprint density at radius 2 is 1.62 bits per heavy atom. The molecular formula is C17H13F5N2O2. The number of amides is 1. The summed E-state index contributed by atoms with van der Waals surface area (Å²) in [6.07, 6.45) is 0.325. The van der Waals surface area contributed by atoms with Crippen molar-refractivity contribution in [3.63, 3.8) is 0 Å². The summed E-state index contributed by atoms with van der Waals surface area (Å²) in [4.78, 5) is 11.6. The van der Waals surface area contributed by atoms with Crippen LogP contribution in [0.5, 0.6) is 5.75 Å². The van der Waals surface area contributed by atoms with Crippen LogP contribution in [0.25, 0.3) is 0 Å². The fourth-order valence-corrected chi connectivity index (χ4v) is 1.94. The molecule has 1 N–H and O–H groups in total. The molecule has 0 bridgehead atoms. The van der Waals surface area contributed by atoms with Crippen LogP contribution in [-0.2, 0) is 4.79 Å². The maximum absolute atomic E-state index is 13.4. The highest BCUT2D eigenvalue weighted by Gasteiger charge is 2.24. The second kappa shape index (κ2) is 7.94. The highest BCUT2D eigenvalue weighted by atomic mass is 19.2. The molecule has 2 aromatic rings. The van der Waals surface area contributed by atoms with Crippen LogP contribution in [0.3, 0.4) is 0 Å². The molecule has 0 aliphatic heterocycles. The summed E-state index contributed by atoms with van der Waals surface area (Å²) in [6.45, 7) is 3.15. The normalized spacial score (nSPS) is 11.0. The predicted octanol–water partition coefficient (Wildman–Crippen LogP) is 3.53. The van der Waals surface area contributed by atoms with Gasteiger partial charge in [0.05, 0.1) is 11.8 Å². The molecule has 0 heterocycles. The molecule has 0 saturated carbocycles. The summed E-state index contributed by atoms with van der Waals surface area (Å²) in [5, 5.41) is 3.19. The van der Waals surface area contributed by atoms with Crippen molar-refractivity contribution in [3.05, 3.63) is 64.0 Å². The Morgan fingerprint density at radius 1 is 1.04 bits per heavy atom. The Kier molecular flexibility index (Phi) is 5.91. The van der Waals surface area contributed by atoms with Gasteiger partial charge in [-0.3, -0.25) is 4.79 Å². The largest absolute Gasteiger partial charge is 0.483 e. The molecule has 0 fully saturated rings. The lowest BCUT2D eigenvalue weighted by Gasteiger charge is -2.09. The summed E-state index contributed by atoms with van der Waals surface area (Å²) in [5.74, 6) is -10.9. The van der Waals surface area contributed by atoms with Crippen molar-refractivity contribution in [2.45, 2.75) is 13.8 Å². The number of aryl methyl sites for hydroxylation is 2. The van der Waals surface area contributed by atoms with Gasteiger partial charge in [0.2, 0.25) is 5.82 Å². The summed E-state index contributed by atoms with van der Waals surface area (Å²) in [7, 11) is 0. The standard InChI is InChI=1S/C17H13F5N2O2/c1-8-3-4-9(2)11(5-8)26-7-12(25)24-23-6-10-13(18)15(20)17(22)16(21)14(10)19/h3-6H,7H2,1-2H3,(H,24,25)/b23-6-. The van der Waals surface area contributed by atoms with Crippen LogP contribution >= 0.6 is 0 Å². The number of hydrogen-bond acceptors (Lipinski definition) is 3. The molecule has 4 nitrogen and oxygen atoms in total. The van der Waals surface area contributed by atoms with Gasteiger partial charge in [-0.25, -0.2) is 27.4 Å². The Labute approximate surface area is 145 Å². The van der Waals surface area contributed by atoms with Gasteiger partial charge in [0.25, 0.3) is 5.91 Å². The number of rotatable bonds is 5. The van der Waals surface area contributed by atoms with E-state index in [9.17, 15) is 26.7 Å². The maximum atomic E-state index is 13.4. The van der Waals surface area contributed by atoms with Crippen LogP contribution in [0.4, 0.5) is 22.0 Å². The number of benzene rings is 2. The molecular weight excluding hydrogens is 359 g/mol. The lowest BCUT2D eigenvalue weighted by molar-refractivity contribution is -0.123. The topological polar surface area (TPSA) is 50.7 Å². The molecule has 26 heavy (non-hydrogen) atoms. The molecule has 0 spiro atoms. The number of carbonyl (C=O) groups is 1. The number of hydrogen-bond donors (Lipinski definition) is 1. The van der Waals surface area contributed by atoms with Gasteiger partial charge >= 0.3 is 0 Å². The Balaban J connectivity index is 2.03. The number of hydrazone groups is 1. The highest BCUT2D eigenvalue weighted by Crippen LogP contribution is 2.21. The predicted molar refractivity (Wildman–Crippen MR) is 83.4 cm³/mol. The van der Waals surface area contributed by atoms with Crippen molar-refractivity contribution in [3.8, 4) is 5.75 Å². The minimum atomic E-state index is -2.27. The molecule has 9 heteroatoms. The second-order valence-electron chi connectivity index (χ2n) is 5.33. The van der Waals surface area contributed by atoms with E-state index >= 15 is 0 Å². The van der Waals surface area contributed by atoms with Gasteiger partial charge in [-0.05, 0) is 31.0 Å². The van der Waals surface area contributed by atoms with Crippen LogP contribution in [0, 0.1) is 42.9 Å². The first kappa shape index (κ1) is 19.4. The van der Waals surface area contributed by atoms with Crippen molar-refractivity contribution in [2.75, 3.05) is 6.61 Å². The molecule has 0 saturated heterocycles. The third-order valence-corrected chi connectivity index (χ3v) is 3.33. The molecule has 138 valence electrons. The first-order chi connectivity index (χ1) is 12.2. The van der Waals surface area contributed by atoms with Crippen molar-refractivity contribution in [1.29, 1.82) is 0 Å². The zero-order valence-electron chi connectivity index (χ0n) is 13.7. The van der Waals surface area contributed by atoms with Gasteiger partial charge in [-0.1, -0.05) is 12.1 Å². The molecule has 1 amide bonds. The Bertz CT molecular complexity index is 855. The number of nitrogens with zero attached hydrogens (tertiary/aromatic N) is 1. The van der Waals surface area contributed by atoms with Crippen molar-refractivity contribution >= 4 is 12.1 Å². The molecule has 0 aliphatic rings. The fraction of sp³-hybridized carbons (Fsp3) is 0.176. The summed E-state index contributed by atoms with van der Waals surface area (Å²) >= 11 is 0. The minimum absolute atomic E-state index is 0.325. The van der Waals surface area contributed by atoms with Crippen molar-refractivity contribution in [2.24, 2.45) is 5.10 Å². The van der Waals surface area contributed by atoms with Gasteiger partial charge in [-0.2, -0.15) is 5.10 Å². The summed E-state index contributed by atoms with van der Waals surface area (Å²) in [6, 6.07) is 5.36. The summed E-state index contributed by atoms with van der Waals surface area (Å²) in [5.41, 5.74) is 2.31. The zero-order chi connectivity index (χ0) is 19.4. The van der Waals surface area contributed by atoms with E-state index in [1.165, 1.54) is 0 Å². The van der Waals surface area contributed by atoms with Crippen molar-refractivity contribution in [1.82, 2.24) is 5.43 Å². The van der Waals surface area contributed by atoms with E-state index in [2.05, 4.69) is 5.10 Å². The van der Waals surface area contributed by atoms with Gasteiger partial charge in [0.1, 0.15) is 5.75 Å². The lowest BCUT2D eigenvalue weighted by atomic mass is 10.1. The van der Waals surface area contributed by atoms with Gasteiger partial charge in [0.15, 0.2) is 29.9 Å². The average Bonchev–Trinajstić information content (AvgIpc) is 2.62. The first-order valence-electron chi connectivity index (χ1n) is 7.25. The van der Waals surface area contributed by atoms with Gasteiger partial charge in [0, 0.05) is 0 Å². The smallest absolute Gasteiger partial charge is 0.277 e. The van der Waals surface area contributed by atoms with E-state index < -0.39 is 47.2 Å². The van der Waals surface area contributed by atoms with Crippen molar-refractivity contribution < 1.29 is 31.5 Å². The molecule has 0 atom stereocenters. The molecule has 2 rings (SSSR count). The molecule has 0 radical (unpaired) electrons. The molecule has 0 aromatic heterocycles. The quantitative estimate of drug-likeness (QED) is 0.287. The van der Waals surface area contributed by atoms with E-state index in [4.69, 9.17) is 4.74 Å². The number of carbonyl (C=O) groups excluding carboxylic acids is 1. The monoisotopic (exact) mass is 372 g/mol. The third-order valence-electron chi connectivity index (χ3n) is 3.33. The van der Waals surface area contributed by atoms with Crippen LogP contribution in [0.15, 0.2) is 23.3 Å².